The predicted octanol–water partition coefficient (Wildman–Crippen LogP) is 2.10. The van der Waals surface area contributed by atoms with Gasteiger partial charge in [-0.05, 0) is 43.0 Å². The molecule has 0 aromatic heterocycles. The zero-order valence-corrected chi connectivity index (χ0v) is 20.1. The van der Waals surface area contributed by atoms with Crippen LogP contribution in [-0.2, 0) is 31.0 Å². The number of rotatable bonds is 7. The van der Waals surface area contributed by atoms with E-state index in [4.69, 9.17) is 0 Å². The molecule has 0 bridgehead atoms. The lowest BCUT2D eigenvalue weighted by Crippen LogP contribution is -2.39. The summed E-state index contributed by atoms with van der Waals surface area (Å²) in [4.78, 5) is 51.5. The average molecular weight is 499 g/mol. The third-order valence-corrected chi connectivity index (χ3v) is 7.95. The molecule has 1 N–H and O–H groups in total. The highest BCUT2D eigenvalue weighted by atomic mass is 32.2. The van der Waals surface area contributed by atoms with Gasteiger partial charge in [-0.3, -0.25) is 19.3 Å². The van der Waals surface area contributed by atoms with E-state index in [1.54, 1.807) is 43.3 Å². The van der Waals surface area contributed by atoms with Gasteiger partial charge in [-0.1, -0.05) is 42.8 Å². The van der Waals surface area contributed by atoms with Gasteiger partial charge in [0.05, 0.1) is 11.4 Å². The van der Waals surface area contributed by atoms with Crippen LogP contribution in [0.25, 0.3) is 0 Å². The predicted molar refractivity (Wildman–Crippen MR) is 127 cm³/mol. The molecular weight excluding hydrogens is 472 g/mol. The largest absolute Gasteiger partial charge is 0.335 e. The minimum Gasteiger partial charge on any atom is -0.324 e. The number of carbonyl (C=O) groups excluding carboxylic acids is 4. The van der Waals surface area contributed by atoms with Gasteiger partial charge in [0, 0.05) is 18.8 Å². The molecule has 0 atom stereocenters. The number of nitrogens with zero attached hydrogens (tertiary/aromatic N) is 3. The number of hydrogen-bond acceptors (Lipinski definition) is 6. The molecule has 0 radical (unpaired) electrons. The second-order valence-electron chi connectivity index (χ2n) is 8.54. The molecule has 2 aliphatic heterocycles. The number of sulfonamides is 1. The second kappa shape index (κ2) is 9.96. The Hall–Kier alpha value is -3.57. The number of anilines is 1. The summed E-state index contributed by atoms with van der Waals surface area (Å²) in [5, 5.41) is 2.58. The van der Waals surface area contributed by atoms with Crippen LogP contribution in [0.4, 0.5) is 10.5 Å². The molecule has 10 nitrogen and oxygen atoms in total. The van der Waals surface area contributed by atoms with Gasteiger partial charge in [-0.25, -0.2) is 18.1 Å². The van der Waals surface area contributed by atoms with Gasteiger partial charge in [0.25, 0.3) is 0 Å². The van der Waals surface area contributed by atoms with Gasteiger partial charge in [-0.2, -0.15) is 4.31 Å². The number of piperidine rings is 1. The lowest BCUT2D eigenvalue weighted by Gasteiger charge is -2.26. The fraction of sp³-hybridized carbons (Fsp3) is 0.333. The summed E-state index contributed by atoms with van der Waals surface area (Å²) in [5.74, 6) is -2.81. The number of hydrogen-bond donors (Lipinski definition) is 1. The van der Waals surface area contributed by atoms with Crippen LogP contribution in [0.1, 0.15) is 30.4 Å². The summed E-state index contributed by atoms with van der Waals surface area (Å²) in [7, 11) is -3.71. The first-order chi connectivity index (χ1) is 16.7. The van der Waals surface area contributed by atoms with Gasteiger partial charge in [0.15, 0.2) is 0 Å². The van der Waals surface area contributed by atoms with Crippen molar-refractivity contribution in [3.63, 3.8) is 0 Å². The molecule has 11 heteroatoms. The van der Waals surface area contributed by atoms with E-state index in [2.05, 4.69) is 5.32 Å². The van der Waals surface area contributed by atoms with E-state index in [-0.39, 0.29) is 17.1 Å². The Labute approximate surface area is 203 Å². The fourth-order valence-corrected chi connectivity index (χ4v) is 5.62. The zero-order chi connectivity index (χ0) is 25.2. The van der Waals surface area contributed by atoms with E-state index in [0.717, 1.165) is 24.2 Å². The smallest absolute Gasteiger partial charge is 0.324 e. The van der Waals surface area contributed by atoms with Crippen molar-refractivity contribution in [2.45, 2.75) is 37.6 Å². The lowest BCUT2D eigenvalue weighted by molar-refractivity contribution is -0.143. The van der Waals surface area contributed by atoms with Crippen molar-refractivity contribution in [3.8, 4) is 0 Å². The van der Waals surface area contributed by atoms with Crippen LogP contribution in [0.15, 0.2) is 53.4 Å². The number of benzene rings is 2. The SMILES string of the molecule is Cc1ccc(S(=O)(=O)N2CCCCC2)cc1NC(=O)CN1C(=O)C(=O)N(Cc2ccccc2)C1=O. The van der Waals surface area contributed by atoms with Crippen molar-refractivity contribution >= 4 is 39.5 Å². The maximum atomic E-state index is 13.0. The molecular formula is C24H26N4O6S. The molecule has 2 aliphatic rings. The molecule has 35 heavy (non-hydrogen) atoms. The minimum atomic E-state index is -3.71. The first-order valence-electron chi connectivity index (χ1n) is 11.3. The van der Waals surface area contributed by atoms with Crippen molar-refractivity contribution in [2.24, 2.45) is 0 Å². The molecule has 0 unspecified atom stereocenters. The highest BCUT2D eigenvalue weighted by molar-refractivity contribution is 7.89. The van der Waals surface area contributed by atoms with Crippen molar-refractivity contribution in [1.82, 2.24) is 14.1 Å². The minimum absolute atomic E-state index is 0.0536. The molecule has 4 rings (SSSR count). The molecule has 2 saturated heterocycles. The van der Waals surface area contributed by atoms with E-state index in [1.165, 1.54) is 16.4 Å². The average Bonchev–Trinajstić information content (AvgIpc) is 3.05. The maximum absolute atomic E-state index is 13.0. The molecule has 2 aromatic rings. The number of nitrogens with one attached hydrogen (secondary N) is 1. The Balaban J connectivity index is 1.46. The quantitative estimate of drug-likeness (QED) is 0.461. The summed E-state index contributed by atoms with van der Waals surface area (Å²) in [5.41, 5.74) is 1.52. The Bertz CT molecular complexity index is 1270. The molecule has 2 fully saturated rings. The Morgan fingerprint density at radius 3 is 2.26 bits per heavy atom. The van der Waals surface area contributed by atoms with Crippen molar-refractivity contribution < 1.29 is 27.6 Å². The van der Waals surface area contributed by atoms with Crippen LogP contribution in [0, 0.1) is 6.92 Å². The molecule has 5 amide bonds. The molecule has 2 aromatic carbocycles. The van der Waals surface area contributed by atoms with E-state index in [0.29, 0.717) is 29.1 Å². The molecule has 0 spiro atoms. The number of urea groups is 1. The molecule has 2 heterocycles. The number of amides is 5. The topological polar surface area (TPSA) is 124 Å². The van der Waals surface area contributed by atoms with Gasteiger partial charge in [0.2, 0.25) is 15.9 Å². The van der Waals surface area contributed by atoms with Crippen LogP contribution in [0.3, 0.4) is 0 Å². The maximum Gasteiger partial charge on any atom is 0.335 e. The van der Waals surface area contributed by atoms with Crippen LogP contribution < -0.4 is 5.32 Å². The first kappa shape index (κ1) is 24.6. The molecule has 184 valence electrons. The van der Waals surface area contributed by atoms with Crippen molar-refractivity contribution in [2.75, 3.05) is 25.0 Å². The first-order valence-corrected chi connectivity index (χ1v) is 12.7. The highest BCUT2D eigenvalue weighted by Crippen LogP contribution is 2.25. The molecule has 0 aliphatic carbocycles. The van der Waals surface area contributed by atoms with E-state index < -0.39 is 40.3 Å². The highest BCUT2D eigenvalue weighted by Gasteiger charge is 2.45. The normalized spacial score (nSPS) is 17.2. The second-order valence-corrected chi connectivity index (χ2v) is 10.5. The van der Waals surface area contributed by atoms with Gasteiger partial charge < -0.3 is 5.32 Å². The monoisotopic (exact) mass is 498 g/mol. The summed E-state index contributed by atoms with van der Waals surface area (Å²) < 4.78 is 27.4. The summed E-state index contributed by atoms with van der Waals surface area (Å²) in [6.07, 6.45) is 2.58. The van der Waals surface area contributed by atoms with Gasteiger partial charge >= 0.3 is 17.8 Å². The van der Waals surface area contributed by atoms with Crippen molar-refractivity contribution in [1.29, 1.82) is 0 Å². The Morgan fingerprint density at radius 2 is 1.57 bits per heavy atom. The Morgan fingerprint density at radius 1 is 0.914 bits per heavy atom. The van der Waals surface area contributed by atoms with Gasteiger partial charge in [-0.15, -0.1) is 0 Å². The lowest BCUT2D eigenvalue weighted by atomic mass is 10.2. The number of carbonyl (C=O) groups is 4. The molecule has 0 saturated carbocycles. The number of imide groups is 2. The summed E-state index contributed by atoms with van der Waals surface area (Å²) in [6.45, 7) is 1.84. The van der Waals surface area contributed by atoms with Crippen LogP contribution in [0.5, 0.6) is 0 Å². The van der Waals surface area contributed by atoms with Crippen molar-refractivity contribution in [3.05, 3.63) is 59.7 Å². The van der Waals surface area contributed by atoms with E-state index in [1.807, 2.05) is 0 Å². The summed E-state index contributed by atoms with van der Waals surface area (Å²) in [6, 6.07) is 12.3. The van der Waals surface area contributed by atoms with Crippen LogP contribution in [0.2, 0.25) is 0 Å². The third kappa shape index (κ3) is 5.10. The summed E-state index contributed by atoms with van der Waals surface area (Å²) >= 11 is 0. The Kier molecular flexibility index (Phi) is 6.99. The van der Waals surface area contributed by atoms with Crippen LogP contribution in [-0.4, -0.2) is 65.9 Å². The third-order valence-electron chi connectivity index (χ3n) is 6.06. The standard InChI is InChI=1S/C24H26N4O6S/c1-17-10-11-19(35(33,34)26-12-6-3-7-13-26)14-20(17)25-21(29)16-28-23(31)22(30)27(24(28)32)15-18-8-4-2-5-9-18/h2,4-5,8-11,14H,3,6-7,12-13,15-16H2,1H3,(H,25,29). The fourth-order valence-electron chi connectivity index (χ4n) is 4.08. The zero-order valence-electron chi connectivity index (χ0n) is 19.3. The van der Waals surface area contributed by atoms with E-state index in [9.17, 15) is 27.6 Å². The van der Waals surface area contributed by atoms with Gasteiger partial charge in [0.1, 0.15) is 6.54 Å². The van der Waals surface area contributed by atoms with Crippen LogP contribution >= 0.6 is 0 Å². The van der Waals surface area contributed by atoms with E-state index >= 15 is 0 Å². The number of aryl methyl sites for hydroxylation is 1.